The van der Waals surface area contributed by atoms with Gasteiger partial charge in [0.05, 0.1) is 19.8 Å². The third-order valence-electron chi connectivity index (χ3n) is 3.27. The number of ether oxygens (including phenoxy) is 2. The van der Waals surface area contributed by atoms with E-state index in [0.717, 1.165) is 52.4 Å². The van der Waals surface area contributed by atoms with Crippen molar-refractivity contribution < 1.29 is 14.3 Å². The number of carbonyl (C=O) groups excluding carboxylic acids is 1. The molecular formula is C12H25Cl2N3O3. The van der Waals surface area contributed by atoms with E-state index in [2.05, 4.69) is 15.5 Å². The number of morpholine rings is 2. The molecule has 20 heavy (non-hydrogen) atoms. The Balaban J connectivity index is 0.00000180. The van der Waals surface area contributed by atoms with E-state index in [0.29, 0.717) is 13.2 Å². The van der Waals surface area contributed by atoms with Crippen molar-refractivity contribution >= 4 is 30.7 Å². The van der Waals surface area contributed by atoms with E-state index in [-0.39, 0.29) is 36.8 Å². The van der Waals surface area contributed by atoms with Crippen LogP contribution in [0.5, 0.6) is 0 Å². The molecule has 0 aliphatic carbocycles. The number of nitrogens with zero attached hydrogens (tertiary/aromatic N) is 1. The van der Waals surface area contributed by atoms with Crippen LogP contribution in [0.25, 0.3) is 0 Å². The molecule has 2 rings (SSSR count). The lowest BCUT2D eigenvalue weighted by Crippen LogP contribution is -2.48. The van der Waals surface area contributed by atoms with Crippen molar-refractivity contribution in [2.45, 2.75) is 12.5 Å². The lowest BCUT2D eigenvalue weighted by atomic mass is 10.2. The van der Waals surface area contributed by atoms with Crippen LogP contribution < -0.4 is 10.6 Å². The SMILES string of the molecule is Cl.Cl.O=C(NCCCN1CCOCC1)C1CNCCO1. The second kappa shape index (κ2) is 11.5. The number of amides is 1. The summed E-state index contributed by atoms with van der Waals surface area (Å²) < 4.78 is 10.7. The van der Waals surface area contributed by atoms with Gasteiger partial charge in [0.2, 0.25) is 5.91 Å². The Morgan fingerprint density at radius 3 is 2.65 bits per heavy atom. The van der Waals surface area contributed by atoms with Crippen LogP contribution in [0, 0.1) is 0 Å². The Labute approximate surface area is 132 Å². The van der Waals surface area contributed by atoms with Gasteiger partial charge in [-0.05, 0) is 13.0 Å². The summed E-state index contributed by atoms with van der Waals surface area (Å²) in [6, 6.07) is 0. The second-order valence-electron chi connectivity index (χ2n) is 4.66. The highest BCUT2D eigenvalue weighted by Crippen LogP contribution is 1.98. The predicted octanol–water partition coefficient (Wildman–Crippen LogP) is -0.343. The smallest absolute Gasteiger partial charge is 0.250 e. The first-order chi connectivity index (χ1) is 8.86. The van der Waals surface area contributed by atoms with E-state index in [4.69, 9.17) is 9.47 Å². The van der Waals surface area contributed by atoms with E-state index >= 15 is 0 Å². The Bertz CT molecular complexity index is 260. The second-order valence-corrected chi connectivity index (χ2v) is 4.66. The molecule has 120 valence electrons. The summed E-state index contributed by atoms with van der Waals surface area (Å²) in [5.41, 5.74) is 0. The highest BCUT2D eigenvalue weighted by Gasteiger charge is 2.21. The van der Waals surface area contributed by atoms with Crippen LogP contribution in [-0.4, -0.2) is 76.0 Å². The highest BCUT2D eigenvalue weighted by molar-refractivity contribution is 5.85. The van der Waals surface area contributed by atoms with Gasteiger partial charge in [-0.2, -0.15) is 0 Å². The fourth-order valence-electron chi connectivity index (χ4n) is 2.19. The standard InChI is InChI=1S/C12H23N3O3.2ClH/c16-12(11-10-13-3-7-18-11)14-2-1-4-15-5-8-17-9-6-15;;/h11,13H,1-10H2,(H,14,16);2*1H. The van der Waals surface area contributed by atoms with Gasteiger partial charge in [0.25, 0.3) is 0 Å². The molecule has 1 unspecified atom stereocenters. The zero-order chi connectivity index (χ0) is 12.6. The minimum absolute atomic E-state index is 0. The molecule has 8 heteroatoms. The zero-order valence-electron chi connectivity index (χ0n) is 11.6. The molecular weight excluding hydrogens is 305 g/mol. The molecule has 0 bridgehead atoms. The number of hydrogen-bond donors (Lipinski definition) is 2. The Morgan fingerprint density at radius 1 is 1.25 bits per heavy atom. The summed E-state index contributed by atoms with van der Waals surface area (Å²) >= 11 is 0. The Kier molecular flexibility index (Phi) is 11.5. The van der Waals surface area contributed by atoms with Gasteiger partial charge in [0, 0.05) is 32.7 Å². The van der Waals surface area contributed by atoms with Crippen molar-refractivity contribution in [3.05, 3.63) is 0 Å². The molecule has 0 saturated carbocycles. The van der Waals surface area contributed by atoms with Gasteiger partial charge in [-0.25, -0.2) is 0 Å². The van der Waals surface area contributed by atoms with Crippen LogP contribution in [0.15, 0.2) is 0 Å². The molecule has 2 heterocycles. The van der Waals surface area contributed by atoms with E-state index < -0.39 is 0 Å². The van der Waals surface area contributed by atoms with Crippen molar-refractivity contribution in [3.63, 3.8) is 0 Å². The van der Waals surface area contributed by atoms with Crippen LogP contribution in [0.4, 0.5) is 0 Å². The van der Waals surface area contributed by atoms with Gasteiger partial charge >= 0.3 is 0 Å². The first-order valence-electron chi connectivity index (χ1n) is 6.76. The largest absolute Gasteiger partial charge is 0.379 e. The lowest BCUT2D eigenvalue weighted by molar-refractivity contribution is -0.134. The summed E-state index contributed by atoms with van der Waals surface area (Å²) in [5.74, 6) is 0.00387. The molecule has 0 aromatic carbocycles. The van der Waals surface area contributed by atoms with Crippen LogP contribution in [0.2, 0.25) is 0 Å². The third-order valence-corrected chi connectivity index (χ3v) is 3.27. The summed E-state index contributed by atoms with van der Waals surface area (Å²) in [6.45, 7) is 7.47. The first-order valence-corrected chi connectivity index (χ1v) is 6.76. The maximum absolute atomic E-state index is 11.7. The van der Waals surface area contributed by atoms with Crippen LogP contribution in [0.3, 0.4) is 0 Å². The van der Waals surface area contributed by atoms with E-state index in [1.54, 1.807) is 0 Å². The maximum atomic E-state index is 11.7. The van der Waals surface area contributed by atoms with Crippen LogP contribution >= 0.6 is 24.8 Å². The molecule has 6 nitrogen and oxygen atoms in total. The monoisotopic (exact) mass is 329 g/mol. The van der Waals surface area contributed by atoms with Crippen molar-refractivity contribution in [1.29, 1.82) is 0 Å². The average molecular weight is 330 g/mol. The molecule has 0 spiro atoms. The summed E-state index contributed by atoms with van der Waals surface area (Å²) in [5, 5.41) is 6.08. The molecule has 0 radical (unpaired) electrons. The Morgan fingerprint density at radius 2 is 2.00 bits per heavy atom. The minimum Gasteiger partial charge on any atom is -0.379 e. The van der Waals surface area contributed by atoms with Crippen LogP contribution in [0.1, 0.15) is 6.42 Å². The van der Waals surface area contributed by atoms with E-state index in [9.17, 15) is 4.79 Å². The highest BCUT2D eigenvalue weighted by atomic mass is 35.5. The van der Waals surface area contributed by atoms with E-state index in [1.165, 1.54) is 0 Å². The number of halogens is 2. The molecule has 2 aliphatic rings. The van der Waals surface area contributed by atoms with Gasteiger partial charge in [-0.3, -0.25) is 9.69 Å². The summed E-state index contributed by atoms with van der Waals surface area (Å²) in [7, 11) is 0. The molecule has 2 saturated heterocycles. The van der Waals surface area contributed by atoms with Crippen molar-refractivity contribution in [2.24, 2.45) is 0 Å². The summed E-state index contributed by atoms with van der Waals surface area (Å²) in [6.07, 6.45) is 0.661. The topological polar surface area (TPSA) is 62.8 Å². The maximum Gasteiger partial charge on any atom is 0.250 e. The Hall–Kier alpha value is -0.110. The summed E-state index contributed by atoms with van der Waals surface area (Å²) in [4.78, 5) is 14.1. The van der Waals surface area contributed by atoms with Gasteiger partial charge in [0.1, 0.15) is 6.10 Å². The number of hydrogen-bond acceptors (Lipinski definition) is 5. The fraction of sp³-hybridized carbons (Fsp3) is 0.917. The van der Waals surface area contributed by atoms with Gasteiger partial charge in [-0.1, -0.05) is 0 Å². The van der Waals surface area contributed by atoms with Gasteiger partial charge in [0.15, 0.2) is 0 Å². The van der Waals surface area contributed by atoms with Crippen molar-refractivity contribution in [1.82, 2.24) is 15.5 Å². The van der Waals surface area contributed by atoms with E-state index in [1.807, 2.05) is 0 Å². The molecule has 2 fully saturated rings. The molecule has 0 aromatic heterocycles. The number of nitrogens with one attached hydrogen (secondary N) is 2. The minimum atomic E-state index is -0.317. The fourth-order valence-corrected chi connectivity index (χ4v) is 2.19. The molecule has 2 N–H and O–H groups in total. The van der Waals surface area contributed by atoms with Crippen molar-refractivity contribution in [2.75, 3.05) is 59.1 Å². The van der Waals surface area contributed by atoms with Gasteiger partial charge < -0.3 is 20.1 Å². The average Bonchev–Trinajstić information content (AvgIpc) is 2.45. The first kappa shape index (κ1) is 19.9. The van der Waals surface area contributed by atoms with Crippen molar-refractivity contribution in [3.8, 4) is 0 Å². The molecule has 1 atom stereocenters. The molecule has 1 amide bonds. The van der Waals surface area contributed by atoms with Gasteiger partial charge in [-0.15, -0.1) is 24.8 Å². The van der Waals surface area contributed by atoms with Crippen LogP contribution in [-0.2, 0) is 14.3 Å². The number of rotatable bonds is 5. The zero-order valence-corrected chi connectivity index (χ0v) is 13.3. The molecule has 0 aromatic rings. The number of carbonyl (C=O) groups is 1. The lowest BCUT2D eigenvalue weighted by Gasteiger charge is -2.26. The normalized spacial score (nSPS) is 23.3. The molecule has 2 aliphatic heterocycles. The quantitative estimate of drug-likeness (QED) is 0.675. The third kappa shape index (κ3) is 7.06. The predicted molar refractivity (Wildman–Crippen MR) is 82.0 cm³/mol.